The second-order valence-corrected chi connectivity index (χ2v) is 6.27. The Balaban J connectivity index is 1.68. The number of amides is 2. The second kappa shape index (κ2) is 8.15. The first-order chi connectivity index (χ1) is 13.1. The number of fused-ring (bicyclic) bond motifs is 1. The van der Waals surface area contributed by atoms with Crippen LogP contribution in [0.25, 0.3) is 0 Å². The van der Waals surface area contributed by atoms with E-state index < -0.39 is 0 Å². The molecule has 0 unspecified atom stereocenters. The molecule has 1 aliphatic heterocycles. The number of urea groups is 1. The van der Waals surface area contributed by atoms with Crippen LogP contribution in [0.5, 0.6) is 0 Å². The van der Waals surface area contributed by atoms with Gasteiger partial charge in [-0.25, -0.2) is 14.8 Å². The fourth-order valence-corrected chi connectivity index (χ4v) is 2.89. The summed E-state index contributed by atoms with van der Waals surface area (Å²) in [7, 11) is 1.70. The molecule has 3 rings (SSSR count). The van der Waals surface area contributed by atoms with Crippen molar-refractivity contribution in [2.75, 3.05) is 25.5 Å². The molecule has 1 aromatic carbocycles. The Morgan fingerprint density at radius 3 is 3.04 bits per heavy atom. The first-order valence-corrected chi connectivity index (χ1v) is 8.59. The van der Waals surface area contributed by atoms with Gasteiger partial charge in [0.1, 0.15) is 0 Å². The SMILES string of the molecule is CN(CCC#N)C(=O)N1CCc2nc(Nc3cccc(C#N)c3)ncc2C1. The van der Waals surface area contributed by atoms with Crippen LogP contribution in [-0.4, -0.2) is 45.9 Å². The lowest BCUT2D eigenvalue weighted by atomic mass is 10.1. The Labute approximate surface area is 157 Å². The third-order valence-corrected chi connectivity index (χ3v) is 4.34. The van der Waals surface area contributed by atoms with E-state index in [2.05, 4.69) is 21.4 Å². The number of nitrogens with one attached hydrogen (secondary N) is 1. The quantitative estimate of drug-likeness (QED) is 0.896. The number of nitriles is 2. The van der Waals surface area contributed by atoms with Gasteiger partial charge in [0.25, 0.3) is 0 Å². The zero-order valence-electron chi connectivity index (χ0n) is 15.0. The van der Waals surface area contributed by atoms with Crippen LogP contribution in [0.2, 0.25) is 0 Å². The summed E-state index contributed by atoms with van der Waals surface area (Å²) in [6.45, 7) is 1.44. The molecule has 0 saturated heterocycles. The van der Waals surface area contributed by atoms with Crippen LogP contribution in [-0.2, 0) is 13.0 Å². The lowest BCUT2D eigenvalue weighted by molar-refractivity contribution is 0.158. The number of carbonyl (C=O) groups excluding carboxylic acids is 1. The number of carbonyl (C=O) groups is 1. The average molecular weight is 361 g/mol. The van der Waals surface area contributed by atoms with E-state index >= 15 is 0 Å². The van der Waals surface area contributed by atoms with E-state index in [1.165, 1.54) is 0 Å². The van der Waals surface area contributed by atoms with Crippen LogP contribution in [0.4, 0.5) is 16.4 Å². The van der Waals surface area contributed by atoms with Gasteiger partial charge in [-0.15, -0.1) is 0 Å². The maximum Gasteiger partial charge on any atom is 0.320 e. The van der Waals surface area contributed by atoms with Crippen molar-refractivity contribution in [3.8, 4) is 12.1 Å². The van der Waals surface area contributed by atoms with Gasteiger partial charge in [-0.1, -0.05) is 6.07 Å². The molecule has 0 spiro atoms. The number of hydrogen-bond acceptors (Lipinski definition) is 6. The summed E-state index contributed by atoms with van der Waals surface area (Å²) < 4.78 is 0. The summed E-state index contributed by atoms with van der Waals surface area (Å²) in [4.78, 5) is 24.6. The Kier molecular flexibility index (Phi) is 5.48. The monoisotopic (exact) mass is 361 g/mol. The van der Waals surface area contributed by atoms with Gasteiger partial charge in [-0.05, 0) is 18.2 Å². The van der Waals surface area contributed by atoms with E-state index in [4.69, 9.17) is 10.5 Å². The summed E-state index contributed by atoms with van der Waals surface area (Å²) >= 11 is 0. The molecule has 8 nitrogen and oxygen atoms in total. The molecule has 0 saturated carbocycles. The Morgan fingerprint density at radius 1 is 1.41 bits per heavy atom. The molecule has 2 amide bonds. The lowest BCUT2D eigenvalue weighted by Crippen LogP contribution is -2.44. The molecule has 0 bridgehead atoms. The third kappa shape index (κ3) is 4.31. The summed E-state index contributed by atoms with van der Waals surface area (Å²) in [5, 5.41) is 20.8. The fraction of sp³-hybridized carbons (Fsp3) is 0.316. The fourth-order valence-electron chi connectivity index (χ4n) is 2.89. The smallest absolute Gasteiger partial charge is 0.320 e. The average Bonchev–Trinajstić information content (AvgIpc) is 2.71. The molecular weight excluding hydrogens is 342 g/mol. The van der Waals surface area contributed by atoms with Crippen LogP contribution in [0.3, 0.4) is 0 Å². The molecule has 1 aliphatic rings. The summed E-state index contributed by atoms with van der Waals surface area (Å²) in [6.07, 6.45) is 2.69. The zero-order valence-corrected chi connectivity index (χ0v) is 15.0. The van der Waals surface area contributed by atoms with E-state index in [1.54, 1.807) is 41.2 Å². The van der Waals surface area contributed by atoms with Gasteiger partial charge in [0, 0.05) is 44.0 Å². The summed E-state index contributed by atoms with van der Waals surface area (Å²) in [5.74, 6) is 0.467. The molecule has 0 fully saturated rings. The zero-order chi connectivity index (χ0) is 19.2. The van der Waals surface area contributed by atoms with Crippen molar-refractivity contribution in [2.45, 2.75) is 19.4 Å². The number of anilines is 2. The number of benzene rings is 1. The number of aromatic nitrogens is 2. The highest BCUT2D eigenvalue weighted by Gasteiger charge is 2.24. The molecule has 8 heteroatoms. The normalized spacial score (nSPS) is 12.5. The highest BCUT2D eigenvalue weighted by Crippen LogP contribution is 2.21. The van der Waals surface area contributed by atoms with E-state index in [0.29, 0.717) is 44.0 Å². The number of nitrogens with zero attached hydrogens (tertiary/aromatic N) is 6. The Morgan fingerprint density at radius 2 is 2.26 bits per heavy atom. The lowest BCUT2D eigenvalue weighted by Gasteiger charge is -2.31. The first-order valence-electron chi connectivity index (χ1n) is 8.59. The van der Waals surface area contributed by atoms with Crippen LogP contribution in [0.1, 0.15) is 23.2 Å². The van der Waals surface area contributed by atoms with Crippen LogP contribution < -0.4 is 5.32 Å². The van der Waals surface area contributed by atoms with Crippen molar-refractivity contribution in [2.24, 2.45) is 0 Å². The van der Waals surface area contributed by atoms with Crippen molar-refractivity contribution >= 4 is 17.7 Å². The standard InChI is InChI=1S/C19H19N7O/c1-25(8-3-7-20)19(27)26-9-6-17-15(13-26)12-22-18(24-17)23-16-5-2-4-14(10-16)11-21/h2,4-5,10,12H,3,6,8-9,13H2,1H3,(H,22,23,24). The molecule has 2 aromatic rings. The molecule has 0 radical (unpaired) electrons. The molecule has 0 aliphatic carbocycles. The van der Waals surface area contributed by atoms with Gasteiger partial charge in [-0.2, -0.15) is 10.5 Å². The van der Waals surface area contributed by atoms with Crippen LogP contribution in [0.15, 0.2) is 30.5 Å². The largest absolute Gasteiger partial charge is 0.327 e. The highest BCUT2D eigenvalue weighted by molar-refractivity contribution is 5.74. The van der Waals surface area contributed by atoms with Gasteiger partial charge < -0.3 is 15.1 Å². The topological polar surface area (TPSA) is 109 Å². The van der Waals surface area contributed by atoms with E-state index in [9.17, 15) is 4.79 Å². The number of rotatable bonds is 4. The van der Waals surface area contributed by atoms with Crippen molar-refractivity contribution in [1.82, 2.24) is 19.8 Å². The van der Waals surface area contributed by atoms with Gasteiger partial charge in [0.2, 0.25) is 5.95 Å². The molecule has 1 aromatic heterocycles. The second-order valence-electron chi connectivity index (χ2n) is 6.27. The molecular formula is C19H19N7O. The van der Waals surface area contributed by atoms with Gasteiger partial charge in [0.15, 0.2) is 0 Å². The minimum absolute atomic E-state index is 0.0913. The van der Waals surface area contributed by atoms with Gasteiger partial charge in [-0.3, -0.25) is 0 Å². The Hall–Kier alpha value is -3.65. The maximum atomic E-state index is 12.4. The van der Waals surface area contributed by atoms with Crippen molar-refractivity contribution < 1.29 is 4.79 Å². The molecule has 27 heavy (non-hydrogen) atoms. The predicted octanol–water partition coefficient (Wildman–Crippen LogP) is 2.42. The van der Waals surface area contributed by atoms with Crippen molar-refractivity contribution in [3.63, 3.8) is 0 Å². The van der Waals surface area contributed by atoms with E-state index in [-0.39, 0.29) is 6.03 Å². The molecule has 0 atom stereocenters. The number of hydrogen-bond donors (Lipinski definition) is 1. The minimum atomic E-state index is -0.0913. The first kappa shape index (κ1) is 18.2. The third-order valence-electron chi connectivity index (χ3n) is 4.34. The summed E-state index contributed by atoms with van der Waals surface area (Å²) in [5.41, 5.74) is 3.14. The minimum Gasteiger partial charge on any atom is -0.327 e. The predicted molar refractivity (Wildman–Crippen MR) is 98.8 cm³/mol. The molecule has 1 N–H and O–H groups in total. The van der Waals surface area contributed by atoms with Gasteiger partial charge in [0.05, 0.1) is 36.4 Å². The van der Waals surface area contributed by atoms with Crippen molar-refractivity contribution in [3.05, 3.63) is 47.3 Å². The Bertz CT molecular complexity index is 928. The van der Waals surface area contributed by atoms with E-state index in [1.807, 2.05) is 12.1 Å². The molecule has 2 heterocycles. The summed E-state index contributed by atoms with van der Waals surface area (Å²) in [6, 6.07) is 11.2. The van der Waals surface area contributed by atoms with Crippen molar-refractivity contribution in [1.29, 1.82) is 10.5 Å². The van der Waals surface area contributed by atoms with Crippen LogP contribution >= 0.6 is 0 Å². The molecule has 136 valence electrons. The van der Waals surface area contributed by atoms with E-state index in [0.717, 1.165) is 16.9 Å². The highest BCUT2D eigenvalue weighted by atomic mass is 16.2. The van der Waals surface area contributed by atoms with Crippen LogP contribution in [0, 0.1) is 22.7 Å². The maximum absolute atomic E-state index is 12.4. The van der Waals surface area contributed by atoms with Gasteiger partial charge >= 0.3 is 6.03 Å².